The summed E-state index contributed by atoms with van der Waals surface area (Å²) in [7, 11) is 1.61. The van der Waals surface area contributed by atoms with Crippen LogP contribution in [-0.2, 0) is 4.79 Å². The number of hydrogen-bond acceptors (Lipinski definition) is 3. The van der Waals surface area contributed by atoms with Crippen LogP contribution in [0.4, 0.5) is 0 Å². The van der Waals surface area contributed by atoms with Crippen LogP contribution in [0, 0.1) is 5.92 Å². The maximum absolute atomic E-state index is 11.8. The number of nitrogens with one attached hydrogen (secondary N) is 1. The summed E-state index contributed by atoms with van der Waals surface area (Å²) < 4.78 is 5.13. The lowest BCUT2D eigenvalue weighted by molar-refractivity contribution is -0.117. The maximum Gasteiger partial charge on any atom is 0.244 e. The van der Waals surface area contributed by atoms with Crippen LogP contribution >= 0.6 is 0 Å². The fourth-order valence-electron chi connectivity index (χ4n) is 1.86. The standard InChI is InChI=1S/C16H23NO3/c1-12(2)15(9-10-18)17-16(19)8-7-13-5-4-6-14(11-13)20-3/h4-8,11-12,15,18H,9-10H2,1-3H3,(H,17,19)/b8-7+. The Labute approximate surface area is 120 Å². The molecule has 110 valence electrons. The molecule has 1 aromatic rings. The van der Waals surface area contributed by atoms with Crippen molar-refractivity contribution >= 4 is 12.0 Å². The Kier molecular flexibility index (Phi) is 6.81. The minimum Gasteiger partial charge on any atom is -0.497 e. The first kappa shape index (κ1) is 16.2. The topological polar surface area (TPSA) is 58.6 Å². The Balaban J connectivity index is 2.62. The van der Waals surface area contributed by atoms with E-state index in [0.717, 1.165) is 11.3 Å². The zero-order chi connectivity index (χ0) is 15.0. The Morgan fingerprint density at radius 2 is 2.20 bits per heavy atom. The Bertz CT molecular complexity index is 455. The van der Waals surface area contributed by atoms with Gasteiger partial charge in [0.1, 0.15) is 5.75 Å². The van der Waals surface area contributed by atoms with Gasteiger partial charge in [0.05, 0.1) is 7.11 Å². The van der Waals surface area contributed by atoms with Gasteiger partial charge in [0, 0.05) is 18.7 Å². The molecule has 1 rings (SSSR count). The molecule has 0 fully saturated rings. The van der Waals surface area contributed by atoms with Gasteiger partial charge >= 0.3 is 0 Å². The Morgan fingerprint density at radius 1 is 1.45 bits per heavy atom. The van der Waals surface area contributed by atoms with E-state index in [0.29, 0.717) is 6.42 Å². The molecule has 4 heteroatoms. The van der Waals surface area contributed by atoms with Crippen LogP contribution in [0.1, 0.15) is 25.8 Å². The van der Waals surface area contributed by atoms with Gasteiger partial charge in [0.25, 0.3) is 0 Å². The van der Waals surface area contributed by atoms with Gasteiger partial charge < -0.3 is 15.2 Å². The van der Waals surface area contributed by atoms with Crippen molar-refractivity contribution in [2.24, 2.45) is 5.92 Å². The summed E-state index contributed by atoms with van der Waals surface area (Å²) in [5.74, 6) is 0.893. The highest BCUT2D eigenvalue weighted by molar-refractivity contribution is 5.91. The summed E-state index contributed by atoms with van der Waals surface area (Å²) in [5, 5.41) is 11.9. The summed E-state index contributed by atoms with van der Waals surface area (Å²) in [6, 6.07) is 7.48. The summed E-state index contributed by atoms with van der Waals surface area (Å²) in [5.41, 5.74) is 0.905. The molecule has 20 heavy (non-hydrogen) atoms. The molecule has 1 aromatic carbocycles. The number of carbonyl (C=O) groups excluding carboxylic acids is 1. The summed E-state index contributed by atoms with van der Waals surface area (Å²) in [4.78, 5) is 11.8. The molecule has 0 saturated heterocycles. The molecule has 1 amide bonds. The van der Waals surface area contributed by atoms with Crippen LogP contribution in [0.25, 0.3) is 6.08 Å². The number of rotatable bonds is 7. The van der Waals surface area contributed by atoms with E-state index >= 15 is 0 Å². The van der Waals surface area contributed by atoms with Crippen LogP contribution in [0.15, 0.2) is 30.3 Å². The van der Waals surface area contributed by atoms with Crippen molar-refractivity contribution < 1.29 is 14.6 Å². The fraction of sp³-hybridized carbons (Fsp3) is 0.438. The molecule has 0 aliphatic rings. The van der Waals surface area contributed by atoms with Crippen LogP contribution in [0.3, 0.4) is 0 Å². The first-order valence-electron chi connectivity index (χ1n) is 6.80. The minimum absolute atomic E-state index is 0.0116. The molecule has 2 N–H and O–H groups in total. The molecule has 0 aromatic heterocycles. The zero-order valence-corrected chi connectivity index (χ0v) is 12.3. The number of hydrogen-bond donors (Lipinski definition) is 2. The van der Waals surface area contributed by atoms with Gasteiger partial charge in [-0.15, -0.1) is 0 Å². The monoisotopic (exact) mass is 277 g/mol. The second-order valence-electron chi connectivity index (χ2n) is 4.98. The van der Waals surface area contributed by atoms with Crippen LogP contribution < -0.4 is 10.1 Å². The second-order valence-corrected chi connectivity index (χ2v) is 4.98. The normalized spacial score (nSPS) is 12.7. The highest BCUT2D eigenvalue weighted by atomic mass is 16.5. The summed E-state index contributed by atoms with van der Waals surface area (Å²) >= 11 is 0. The molecule has 0 radical (unpaired) electrons. The van der Waals surface area contributed by atoms with E-state index in [1.165, 1.54) is 6.08 Å². The van der Waals surface area contributed by atoms with Crippen molar-refractivity contribution in [3.8, 4) is 5.75 Å². The molecule has 0 aliphatic carbocycles. The summed E-state index contributed by atoms with van der Waals surface area (Å²) in [6.07, 6.45) is 3.81. The molecule has 0 aliphatic heterocycles. The minimum atomic E-state index is -0.153. The van der Waals surface area contributed by atoms with Crippen LogP contribution in [0.2, 0.25) is 0 Å². The predicted octanol–water partition coefficient (Wildman–Crippen LogP) is 2.23. The van der Waals surface area contributed by atoms with Gasteiger partial charge in [-0.3, -0.25) is 4.79 Å². The van der Waals surface area contributed by atoms with Gasteiger partial charge in [-0.25, -0.2) is 0 Å². The van der Waals surface area contributed by atoms with Gasteiger partial charge in [0.15, 0.2) is 0 Å². The van der Waals surface area contributed by atoms with Crippen molar-refractivity contribution in [2.45, 2.75) is 26.3 Å². The lowest BCUT2D eigenvalue weighted by atomic mass is 10.0. The molecule has 4 nitrogen and oxygen atoms in total. The van der Waals surface area contributed by atoms with E-state index in [1.807, 2.05) is 38.1 Å². The third-order valence-corrected chi connectivity index (χ3v) is 3.09. The van der Waals surface area contributed by atoms with Gasteiger partial charge in [0.2, 0.25) is 5.91 Å². The average Bonchev–Trinajstić information content (AvgIpc) is 2.44. The number of ether oxygens (including phenoxy) is 1. The van der Waals surface area contributed by atoms with Gasteiger partial charge in [-0.2, -0.15) is 0 Å². The van der Waals surface area contributed by atoms with Gasteiger partial charge in [-0.05, 0) is 36.1 Å². The number of aliphatic hydroxyl groups excluding tert-OH is 1. The maximum atomic E-state index is 11.8. The van der Waals surface area contributed by atoms with E-state index in [2.05, 4.69) is 5.32 Å². The SMILES string of the molecule is COc1cccc(/C=C/C(=O)NC(CCO)C(C)C)c1. The molecule has 1 unspecified atom stereocenters. The van der Waals surface area contributed by atoms with E-state index in [4.69, 9.17) is 9.84 Å². The second kappa shape index (κ2) is 8.38. The molecular weight excluding hydrogens is 254 g/mol. The number of amides is 1. The van der Waals surface area contributed by atoms with Crippen molar-refractivity contribution in [3.63, 3.8) is 0 Å². The molecule has 0 saturated carbocycles. The molecule has 0 heterocycles. The molecule has 1 atom stereocenters. The molecular formula is C16H23NO3. The predicted molar refractivity (Wildman–Crippen MR) is 80.5 cm³/mol. The van der Waals surface area contributed by atoms with Crippen molar-refractivity contribution in [1.29, 1.82) is 0 Å². The first-order chi connectivity index (χ1) is 9.56. The van der Waals surface area contributed by atoms with Crippen molar-refractivity contribution in [1.82, 2.24) is 5.32 Å². The van der Waals surface area contributed by atoms with E-state index < -0.39 is 0 Å². The Hall–Kier alpha value is -1.81. The molecule has 0 bridgehead atoms. The smallest absolute Gasteiger partial charge is 0.244 e. The lowest BCUT2D eigenvalue weighted by Gasteiger charge is -2.20. The number of carbonyl (C=O) groups is 1. The molecule has 0 spiro atoms. The highest BCUT2D eigenvalue weighted by Gasteiger charge is 2.13. The number of methoxy groups -OCH3 is 1. The van der Waals surface area contributed by atoms with Crippen molar-refractivity contribution in [3.05, 3.63) is 35.9 Å². The third kappa shape index (κ3) is 5.45. The van der Waals surface area contributed by atoms with Crippen LogP contribution in [-0.4, -0.2) is 30.8 Å². The summed E-state index contributed by atoms with van der Waals surface area (Å²) in [6.45, 7) is 4.11. The average molecular weight is 277 g/mol. The van der Waals surface area contributed by atoms with E-state index in [9.17, 15) is 4.79 Å². The van der Waals surface area contributed by atoms with E-state index in [1.54, 1.807) is 13.2 Å². The fourth-order valence-corrected chi connectivity index (χ4v) is 1.86. The number of benzene rings is 1. The number of aliphatic hydroxyl groups is 1. The van der Waals surface area contributed by atoms with Crippen molar-refractivity contribution in [2.75, 3.05) is 13.7 Å². The zero-order valence-electron chi connectivity index (χ0n) is 12.3. The van der Waals surface area contributed by atoms with Gasteiger partial charge in [-0.1, -0.05) is 26.0 Å². The lowest BCUT2D eigenvalue weighted by Crippen LogP contribution is -2.38. The quantitative estimate of drug-likeness (QED) is 0.751. The first-order valence-corrected chi connectivity index (χ1v) is 6.80. The largest absolute Gasteiger partial charge is 0.497 e. The third-order valence-electron chi connectivity index (χ3n) is 3.09. The van der Waals surface area contributed by atoms with E-state index in [-0.39, 0.29) is 24.5 Å². The van der Waals surface area contributed by atoms with Crippen LogP contribution in [0.5, 0.6) is 5.75 Å². The highest BCUT2D eigenvalue weighted by Crippen LogP contribution is 2.13. The Morgan fingerprint density at radius 3 is 2.80 bits per heavy atom.